The average Bonchev–Trinajstić information content (AvgIpc) is 2.67. The van der Waals surface area contributed by atoms with E-state index in [-0.39, 0.29) is 11.9 Å². The van der Waals surface area contributed by atoms with Crippen molar-refractivity contribution in [3.05, 3.63) is 70.8 Å². The number of amides is 1. The molecule has 0 bridgehead atoms. The van der Waals surface area contributed by atoms with E-state index in [0.717, 1.165) is 29.0 Å². The molecule has 2 aromatic rings. The predicted molar refractivity (Wildman–Crippen MR) is 111 cm³/mol. The number of sulfonamides is 1. The second kappa shape index (κ2) is 8.45. The molecular weight excluding hydrogens is 372 g/mol. The summed E-state index contributed by atoms with van der Waals surface area (Å²) in [6.07, 6.45) is 5.74. The predicted octanol–water partition coefficient (Wildman–Crippen LogP) is 3.38. The first kappa shape index (κ1) is 20.6. The molecular formula is C22H28N2O3S. The number of aryl methyl sites for hydroxylation is 2. The number of likely N-dealkylation sites (N-methyl/N-ethyl adjacent to an activating group) is 1. The van der Waals surface area contributed by atoms with Crippen LogP contribution in [-0.2, 0) is 27.7 Å². The molecule has 28 heavy (non-hydrogen) atoms. The number of carbonyl (C=O) groups excluding carboxylic acids is 1. The molecule has 1 aliphatic rings. The lowest BCUT2D eigenvalue weighted by molar-refractivity contribution is -0.125. The average molecular weight is 401 g/mol. The molecule has 150 valence electrons. The zero-order valence-corrected chi connectivity index (χ0v) is 17.5. The van der Waals surface area contributed by atoms with Crippen LogP contribution in [0.25, 0.3) is 0 Å². The minimum absolute atomic E-state index is 0.209. The highest BCUT2D eigenvalue weighted by atomic mass is 32.2. The van der Waals surface area contributed by atoms with E-state index in [1.807, 2.05) is 13.0 Å². The molecule has 1 amide bonds. The van der Waals surface area contributed by atoms with Gasteiger partial charge in [-0.25, -0.2) is 8.42 Å². The van der Waals surface area contributed by atoms with Gasteiger partial charge in [-0.2, -0.15) is 4.31 Å². The largest absolute Gasteiger partial charge is 0.348 e. The maximum Gasteiger partial charge on any atom is 0.243 e. The highest BCUT2D eigenvalue weighted by molar-refractivity contribution is 7.88. The van der Waals surface area contributed by atoms with Crippen molar-refractivity contribution in [3.63, 3.8) is 0 Å². The molecule has 1 N–H and O–H groups in total. The van der Waals surface area contributed by atoms with Crippen LogP contribution in [0.3, 0.4) is 0 Å². The number of hydrogen-bond donors (Lipinski definition) is 1. The second-order valence-corrected chi connectivity index (χ2v) is 9.60. The van der Waals surface area contributed by atoms with Crippen LogP contribution < -0.4 is 5.32 Å². The van der Waals surface area contributed by atoms with Gasteiger partial charge in [-0.05, 0) is 54.9 Å². The summed E-state index contributed by atoms with van der Waals surface area (Å²) in [7, 11) is -2.09. The number of nitrogens with one attached hydrogen (secondary N) is 1. The molecule has 0 aromatic heterocycles. The van der Waals surface area contributed by atoms with Crippen molar-refractivity contribution >= 4 is 15.9 Å². The molecule has 6 heteroatoms. The molecule has 0 spiro atoms. The van der Waals surface area contributed by atoms with E-state index in [9.17, 15) is 13.2 Å². The van der Waals surface area contributed by atoms with E-state index >= 15 is 0 Å². The van der Waals surface area contributed by atoms with E-state index in [0.29, 0.717) is 5.56 Å². The number of nitrogens with zero attached hydrogens (tertiary/aromatic N) is 1. The van der Waals surface area contributed by atoms with Gasteiger partial charge in [0.05, 0.1) is 12.3 Å². The van der Waals surface area contributed by atoms with E-state index < -0.39 is 16.1 Å². The van der Waals surface area contributed by atoms with Gasteiger partial charge in [0.2, 0.25) is 15.9 Å². The summed E-state index contributed by atoms with van der Waals surface area (Å²) in [5.41, 5.74) is 4.44. The van der Waals surface area contributed by atoms with E-state index in [1.54, 1.807) is 24.3 Å². The molecule has 3 rings (SSSR count). The van der Waals surface area contributed by atoms with Gasteiger partial charge in [0.1, 0.15) is 6.04 Å². The van der Waals surface area contributed by atoms with Gasteiger partial charge in [0, 0.05) is 7.05 Å². The monoisotopic (exact) mass is 400 g/mol. The molecule has 2 atom stereocenters. The number of rotatable bonds is 6. The Morgan fingerprint density at radius 3 is 2.29 bits per heavy atom. The van der Waals surface area contributed by atoms with E-state index in [4.69, 9.17) is 0 Å². The molecule has 0 saturated heterocycles. The maximum atomic E-state index is 13.1. The van der Waals surface area contributed by atoms with Crippen molar-refractivity contribution in [3.8, 4) is 0 Å². The minimum atomic E-state index is -3.54. The lowest BCUT2D eigenvalue weighted by atomic mass is 9.89. The zero-order chi connectivity index (χ0) is 20.3. The first-order valence-electron chi connectivity index (χ1n) is 9.67. The molecule has 2 unspecified atom stereocenters. The smallest absolute Gasteiger partial charge is 0.243 e. The Kier molecular flexibility index (Phi) is 6.20. The summed E-state index contributed by atoms with van der Waals surface area (Å²) in [6.45, 7) is 1.94. The van der Waals surface area contributed by atoms with Gasteiger partial charge < -0.3 is 5.32 Å². The SMILES string of the molecule is CC(NC(=O)C(c1ccccc1)N(C)S(C)(=O)=O)c1ccc2c(c1)CCCC2. The van der Waals surface area contributed by atoms with E-state index in [2.05, 4.69) is 23.5 Å². The van der Waals surface area contributed by atoms with Gasteiger partial charge in [-0.1, -0.05) is 48.5 Å². The van der Waals surface area contributed by atoms with Crippen LogP contribution in [0.4, 0.5) is 0 Å². The van der Waals surface area contributed by atoms with Gasteiger partial charge in [0.25, 0.3) is 0 Å². The Bertz CT molecular complexity index is 942. The van der Waals surface area contributed by atoms with Crippen LogP contribution in [0.2, 0.25) is 0 Å². The van der Waals surface area contributed by atoms with Crippen molar-refractivity contribution in [2.75, 3.05) is 13.3 Å². The van der Waals surface area contributed by atoms with Crippen LogP contribution in [0.1, 0.15) is 54.1 Å². The van der Waals surface area contributed by atoms with Gasteiger partial charge in [-0.3, -0.25) is 4.79 Å². The Morgan fingerprint density at radius 2 is 1.64 bits per heavy atom. The highest BCUT2D eigenvalue weighted by Crippen LogP contribution is 2.26. The molecule has 0 saturated carbocycles. The van der Waals surface area contributed by atoms with Gasteiger partial charge >= 0.3 is 0 Å². The van der Waals surface area contributed by atoms with Gasteiger partial charge in [0.15, 0.2) is 0 Å². The van der Waals surface area contributed by atoms with Crippen LogP contribution in [0, 0.1) is 0 Å². The van der Waals surface area contributed by atoms with Crippen molar-refractivity contribution < 1.29 is 13.2 Å². The van der Waals surface area contributed by atoms with Gasteiger partial charge in [-0.15, -0.1) is 0 Å². The summed E-state index contributed by atoms with van der Waals surface area (Å²) < 4.78 is 25.3. The molecule has 0 heterocycles. The molecule has 0 radical (unpaired) electrons. The van der Waals surface area contributed by atoms with Crippen LogP contribution in [-0.4, -0.2) is 31.9 Å². The summed E-state index contributed by atoms with van der Waals surface area (Å²) in [4.78, 5) is 13.1. The summed E-state index contributed by atoms with van der Waals surface area (Å²) >= 11 is 0. The molecule has 0 aliphatic heterocycles. The van der Waals surface area contributed by atoms with Crippen LogP contribution >= 0.6 is 0 Å². The zero-order valence-electron chi connectivity index (χ0n) is 16.7. The fourth-order valence-corrected chi connectivity index (χ4v) is 4.35. The minimum Gasteiger partial charge on any atom is -0.348 e. The Morgan fingerprint density at radius 1 is 1.00 bits per heavy atom. The highest BCUT2D eigenvalue weighted by Gasteiger charge is 2.31. The van der Waals surface area contributed by atoms with E-state index in [1.165, 1.54) is 31.0 Å². The Hall–Kier alpha value is -2.18. The van der Waals surface area contributed by atoms with Crippen molar-refractivity contribution in [2.45, 2.75) is 44.7 Å². The Balaban J connectivity index is 1.83. The molecule has 5 nitrogen and oxygen atoms in total. The number of fused-ring (bicyclic) bond motifs is 1. The topological polar surface area (TPSA) is 66.5 Å². The fraction of sp³-hybridized carbons (Fsp3) is 0.409. The lowest BCUT2D eigenvalue weighted by Crippen LogP contribution is -2.42. The third kappa shape index (κ3) is 4.62. The van der Waals surface area contributed by atoms with Crippen molar-refractivity contribution in [2.24, 2.45) is 0 Å². The number of benzene rings is 2. The maximum absolute atomic E-state index is 13.1. The molecule has 1 aliphatic carbocycles. The quantitative estimate of drug-likeness (QED) is 0.808. The normalized spacial score (nSPS) is 16.3. The van der Waals surface area contributed by atoms with Crippen molar-refractivity contribution in [1.82, 2.24) is 9.62 Å². The molecule has 2 aromatic carbocycles. The fourth-order valence-electron chi connectivity index (χ4n) is 3.75. The first-order chi connectivity index (χ1) is 13.3. The number of carbonyl (C=O) groups is 1. The standard InChI is InChI=1S/C22H28N2O3S/c1-16(19-14-13-17-9-7-8-12-20(17)15-19)23-22(25)21(24(2)28(3,26)27)18-10-5-4-6-11-18/h4-6,10-11,13-16,21H,7-9,12H2,1-3H3,(H,23,25). The lowest BCUT2D eigenvalue weighted by Gasteiger charge is -2.27. The third-order valence-corrected chi connectivity index (χ3v) is 6.74. The second-order valence-electron chi connectivity index (χ2n) is 7.56. The van der Waals surface area contributed by atoms with Crippen LogP contribution in [0.5, 0.6) is 0 Å². The summed E-state index contributed by atoms with van der Waals surface area (Å²) in [5.74, 6) is -0.329. The third-order valence-electron chi connectivity index (χ3n) is 5.48. The number of hydrogen-bond acceptors (Lipinski definition) is 3. The van der Waals surface area contributed by atoms with Crippen molar-refractivity contribution in [1.29, 1.82) is 0 Å². The molecule has 0 fully saturated rings. The summed E-state index contributed by atoms with van der Waals surface area (Å²) in [6, 6.07) is 14.3. The first-order valence-corrected chi connectivity index (χ1v) is 11.5. The Labute approximate surface area is 167 Å². The summed E-state index contributed by atoms with van der Waals surface area (Å²) in [5, 5.41) is 3.01. The van der Waals surface area contributed by atoms with Crippen LogP contribution in [0.15, 0.2) is 48.5 Å².